The highest BCUT2D eigenvalue weighted by Crippen LogP contribution is 2.22. The number of rotatable bonds is 2. The second kappa shape index (κ2) is 3.83. The number of aryl methyl sites for hydroxylation is 1. The zero-order valence-corrected chi connectivity index (χ0v) is 9.62. The highest BCUT2D eigenvalue weighted by molar-refractivity contribution is 6.31. The maximum absolute atomic E-state index is 5.92. The van der Waals surface area contributed by atoms with Crippen molar-refractivity contribution < 1.29 is 0 Å². The Morgan fingerprint density at radius 2 is 2.27 bits per heavy atom. The van der Waals surface area contributed by atoms with Gasteiger partial charge in [-0.3, -0.25) is 0 Å². The lowest BCUT2D eigenvalue weighted by atomic mass is 10.2. The van der Waals surface area contributed by atoms with Gasteiger partial charge < -0.3 is 10.3 Å². The van der Waals surface area contributed by atoms with Gasteiger partial charge in [0, 0.05) is 24.5 Å². The van der Waals surface area contributed by atoms with E-state index in [1.165, 1.54) is 0 Å². The number of hydrogen-bond acceptors (Lipinski definition) is 2. The molecule has 1 unspecified atom stereocenters. The second-order valence-electron chi connectivity index (χ2n) is 3.80. The first-order valence-electron chi connectivity index (χ1n) is 4.95. The summed E-state index contributed by atoms with van der Waals surface area (Å²) in [5.74, 6) is 1.27. The van der Waals surface area contributed by atoms with Gasteiger partial charge in [-0.1, -0.05) is 18.5 Å². The lowest BCUT2D eigenvalue weighted by Crippen LogP contribution is -2.13. The minimum absolute atomic E-state index is 0.265. The first kappa shape index (κ1) is 10.5. The van der Waals surface area contributed by atoms with Crippen molar-refractivity contribution in [1.82, 2.24) is 9.55 Å². The zero-order valence-electron chi connectivity index (χ0n) is 8.87. The summed E-state index contributed by atoms with van der Waals surface area (Å²) in [6, 6.07) is 5.74. The van der Waals surface area contributed by atoms with Crippen LogP contribution in [-0.4, -0.2) is 16.1 Å². The molecule has 2 rings (SSSR count). The van der Waals surface area contributed by atoms with Crippen LogP contribution >= 0.6 is 11.6 Å². The maximum atomic E-state index is 5.92. The predicted octanol–water partition coefficient (Wildman–Crippen LogP) is 2.29. The van der Waals surface area contributed by atoms with Crippen LogP contribution in [0.2, 0.25) is 5.02 Å². The molecule has 0 aliphatic rings. The van der Waals surface area contributed by atoms with Crippen molar-refractivity contribution in [3.8, 4) is 0 Å². The van der Waals surface area contributed by atoms with Gasteiger partial charge in [-0.2, -0.15) is 0 Å². The smallest absolute Gasteiger partial charge is 0.113 e. The largest absolute Gasteiger partial charge is 0.331 e. The first-order valence-corrected chi connectivity index (χ1v) is 5.33. The van der Waals surface area contributed by atoms with E-state index in [0.717, 1.165) is 16.9 Å². The van der Waals surface area contributed by atoms with E-state index in [0.29, 0.717) is 11.6 Å². The van der Waals surface area contributed by atoms with Crippen LogP contribution in [0.25, 0.3) is 11.0 Å². The van der Waals surface area contributed by atoms with E-state index in [9.17, 15) is 0 Å². The monoisotopic (exact) mass is 223 g/mol. The first-order chi connectivity index (χ1) is 7.13. The number of fused-ring (bicyclic) bond motifs is 1. The van der Waals surface area contributed by atoms with E-state index in [4.69, 9.17) is 17.3 Å². The van der Waals surface area contributed by atoms with Crippen molar-refractivity contribution in [3.63, 3.8) is 0 Å². The summed E-state index contributed by atoms with van der Waals surface area (Å²) in [7, 11) is 2.00. The van der Waals surface area contributed by atoms with Gasteiger partial charge in [0.15, 0.2) is 0 Å². The molecule has 3 nitrogen and oxygen atoms in total. The van der Waals surface area contributed by atoms with E-state index < -0.39 is 0 Å². The Labute approximate surface area is 93.9 Å². The summed E-state index contributed by atoms with van der Waals surface area (Å²) in [5, 5.41) is 0.715. The molecule has 4 heteroatoms. The number of benzene rings is 1. The van der Waals surface area contributed by atoms with E-state index in [-0.39, 0.29) is 5.92 Å². The number of imidazole rings is 1. The van der Waals surface area contributed by atoms with Gasteiger partial charge in [-0.25, -0.2) is 4.98 Å². The van der Waals surface area contributed by atoms with Gasteiger partial charge in [0.25, 0.3) is 0 Å². The van der Waals surface area contributed by atoms with E-state index in [2.05, 4.69) is 16.5 Å². The topological polar surface area (TPSA) is 43.8 Å². The average Bonchev–Trinajstić information content (AvgIpc) is 2.54. The molecule has 0 radical (unpaired) electrons. The highest BCUT2D eigenvalue weighted by atomic mass is 35.5. The number of nitrogens with zero attached hydrogens (tertiary/aromatic N) is 2. The van der Waals surface area contributed by atoms with Crippen LogP contribution < -0.4 is 5.73 Å². The molecular formula is C11H14ClN3. The van der Waals surface area contributed by atoms with Crippen LogP contribution in [0.4, 0.5) is 0 Å². The average molecular weight is 224 g/mol. The van der Waals surface area contributed by atoms with Gasteiger partial charge in [-0.05, 0) is 18.2 Å². The molecule has 0 aliphatic heterocycles. The third-order valence-corrected chi connectivity index (χ3v) is 2.91. The second-order valence-corrected chi connectivity index (χ2v) is 4.24. The summed E-state index contributed by atoms with van der Waals surface area (Å²) >= 11 is 5.92. The summed E-state index contributed by atoms with van der Waals surface area (Å²) in [6.45, 7) is 2.67. The molecule has 1 heterocycles. The fourth-order valence-electron chi connectivity index (χ4n) is 1.74. The molecule has 1 atom stereocenters. The Hall–Kier alpha value is -1.06. The summed E-state index contributed by atoms with van der Waals surface area (Å²) in [5.41, 5.74) is 7.67. The molecule has 1 aromatic carbocycles. The molecule has 0 spiro atoms. The van der Waals surface area contributed by atoms with Crippen LogP contribution in [0.15, 0.2) is 18.2 Å². The van der Waals surface area contributed by atoms with Crippen LogP contribution in [-0.2, 0) is 7.05 Å². The molecule has 15 heavy (non-hydrogen) atoms. The SMILES string of the molecule is CC(CN)c1nc2cc(Cl)ccc2n1C. The summed E-state index contributed by atoms with van der Waals surface area (Å²) in [6.07, 6.45) is 0. The third-order valence-electron chi connectivity index (χ3n) is 2.67. The zero-order chi connectivity index (χ0) is 11.0. The molecule has 0 fully saturated rings. The van der Waals surface area contributed by atoms with Gasteiger partial charge >= 0.3 is 0 Å². The Morgan fingerprint density at radius 1 is 1.53 bits per heavy atom. The highest BCUT2D eigenvalue weighted by Gasteiger charge is 2.12. The van der Waals surface area contributed by atoms with Crippen LogP contribution in [0.1, 0.15) is 18.7 Å². The molecule has 80 valence electrons. The van der Waals surface area contributed by atoms with Crippen molar-refractivity contribution in [2.24, 2.45) is 12.8 Å². The molecular weight excluding hydrogens is 210 g/mol. The van der Waals surface area contributed by atoms with Crippen molar-refractivity contribution in [2.45, 2.75) is 12.8 Å². The van der Waals surface area contributed by atoms with Crippen LogP contribution in [0.5, 0.6) is 0 Å². The Kier molecular flexibility index (Phi) is 2.67. The fourth-order valence-corrected chi connectivity index (χ4v) is 1.90. The maximum Gasteiger partial charge on any atom is 0.113 e. The third kappa shape index (κ3) is 1.73. The molecule has 0 saturated heterocycles. The standard InChI is InChI=1S/C11H14ClN3/c1-7(6-13)11-14-9-5-8(12)3-4-10(9)15(11)2/h3-5,7H,6,13H2,1-2H3. The fraction of sp³-hybridized carbons (Fsp3) is 0.364. The quantitative estimate of drug-likeness (QED) is 0.849. The summed E-state index contributed by atoms with van der Waals surface area (Å²) < 4.78 is 2.07. The normalized spacial score (nSPS) is 13.3. The van der Waals surface area contributed by atoms with Gasteiger partial charge in [0.05, 0.1) is 11.0 Å². The van der Waals surface area contributed by atoms with Crippen molar-refractivity contribution in [1.29, 1.82) is 0 Å². The van der Waals surface area contributed by atoms with Crippen molar-refractivity contribution in [3.05, 3.63) is 29.0 Å². The van der Waals surface area contributed by atoms with E-state index in [1.54, 1.807) is 0 Å². The van der Waals surface area contributed by atoms with Crippen molar-refractivity contribution >= 4 is 22.6 Å². The van der Waals surface area contributed by atoms with Gasteiger partial charge in [-0.15, -0.1) is 0 Å². The number of halogens is 1. The number of hydrogen-bond donors (Lipinski definition) is 1. The number of nitrogens with two attached hydrogens (primary N) is 1. The Morgan fingerprint density at radius 3 is 2.93 bits per heavy atom. The molecule has 0 saturated carbocycles. The van der Waals surface area contributed by atoms with E-state index in [1.807, 2.05) is 25.2 Å². The van der Waals surface area contributed by atoms with Gasteiger partial charge in [0.1, 0.15) is 5.82 Å². The Bertz CT molecular complexity index is 490. The van der Waals surface area contributed by atoms with Crippen molar-refractivity contribution in [2.75, 3.05) is 6.54 Å². The van der Waals surface area contributed by atoms with Crippen LogP contribution in [0, 0.1) is 0 Å². The van der Waals surface area contributed by atoms with Gasteiger partial charge in [0.2, 0.25) is 0 Å². The van der Waals surface area contributed by atoms with Crippen LogP contribution in [0.3, 0.4) is 0 Å². The minimum Gasteiger partial charge on any atom is -0.331 e. The minimum atomic E-state index is 0.265. The van der Waals surface area contributed by atoms with E-state index >= 15 is 0 Å². The molecule has 0 amide bonds. The predicted molar refractivity (Wildman–Crippen MR) is 63.2 cm³/mol. The lowest BCUT2D eigenvalue weighted by molar-refractivity contribution is 0.676. The molecule has 2 aromatic rings. The Balaban J connectivity index is 2.63. The molecule has 2 N–H and O–H groups in total. The summed E-state index contributed by atoms with van der Waals surface area (Å²) in [4.78, 5) is 4.54. The molecule has 0 bridgehead atoms. The molecule has 1 aromatic heterocycles. The number of aromatic nitrogens is 2. The molecule has 0 aliphatic carbocycles. The lowest BCUT2D eigenvalue weighted by Gasteiger charge is -2.07.